The number of hydrogen-bond acceptors (Lipinski definition) is 4. The van der Waals surface area contributed by atoms with E-state index in [-0.39, 0.29) is 11.9 Å². The minimum Gasteiger partial charge on any atom is -0.409 e. The van der Waals surface area contributed by atoms with Crippen molar-refractivity contribution in [2.75, 3.05) is 26.2 Å². The van der Waals surface area contributed by atoms with Crippen LogP contribution in [0.5, 0.6) is 0 Å². The van der Waals surface area contributed by atoms with Gasteiger partial charge in [0.2, 0.25) is 0 Å². The van der Waals surface area contributed by atoms with E-state index < -0.39 is 0 Å². The number of rotatable bonds is 10. The quantitative estimate of drug-likeness (QED) is 0.267. The maximum atomic E-state index is 8.78. The van der Waals surface area contributed by atoms with E-state index in [1.807, 2.05) is 18.2 Å². The number of amidine groups is 1. The number of hydrogen-bond donors (Lipinski definition) is 3. The minimum absolute atomic E-state index is 0.0717. The van der Waals surface area contributed by atoms with Gasteiger partial charge in [0.05, 0.1) is 0 Å². The van der Waals surface area contributed by atoms with Crippen LogP contribution in [0, 0.1) is 0 Å². The summed E-state index contributed by atoms with van der Waals surface area (Å²) in [6.07, 6.45) is 1.67. The number of nitrogens with zero attached hydrogens (tertiary/aromatic N) is 2. The molecule has 0 saturated carbocycles. The molecule has 0 aromatic heterocycles. The third-order valence-electron chi connectivity index (χ3n) is 3.55. The molecular weight excluding hydrogens is 264 g/mol. The summed E-state index contributed by atoms with van der Waals surface area (Å²) in [5.74, 6) is 0.247. The molecule has 0 saturated heterocycles. The van der Waals surface area contributed by atoms with E-state index in [4.69, 9.17) is 10.9 Å². The first-order valence-corrected chi connectivity index (χ1v) is 7.68. The molecule has 5 heteroatoms. The lowest BCUT2D eigenvalue weighted by Gasteiger charge is -2.23. The molecule has 1 atom stereocenters. The third kappa shape index (κ3) is 6.60. The molecule has 0 aliphatic carbocycles. The number of oxime groups is 1. The minimum atomic E-state index is 0.0717. The van der Waals surface area contributed by atoms with Crippen molar-refractivity contribution in [3.8, 4) is 0 Å². The van der Waals surface area contributed by atoms with E-state index in [2.05, 4.69) is 41.4 Å². The van der Waals surface area contributed by atoms with Crippen LogP contribution in [0.15, 0.2) is 35.5 Å². The van der Waals surface area contributed by atoms with Gasteiger partial charge in [-0.05, 0) is 25.1 Å². The summed E-state index contributed by atoms with van der Waals surface area (Å²) >= 11 is 0. The molecule has 1 aromatic rings. The van der Waals surface area contributed by atoms with E-state index >= 15 is 0 Å². The first kappa shape index (κ1) is 17.5. The van der Waals surface area contributed by atoms with Gasteiger partial charge in [-0.15, -0.1) is 0 Å². The first-order chi connectivity index (χ1) is 10.2. The zero-order valence-corrected chi connectivity index (χ0v) is 13.1. The molecule has 0 amide bonds. The van der Waals surface area contributed by atoms with Crippen LogP contribution in [0.3, 0.4) is 0 Å². The van der Waals surface area contributed by atoms with E-state index in [1.165, 1.54) is 6.42 Å². The molecule has 1 unspecified atom stereocenters. The van der Waals surface area contributed by atoms with Crippen molar-refractivity contribution in [2.24, 2.45) is 10.9 Å². The maximum absolute atomic E-state index is 8.78. The summed E-state index contributed by atoms with van der Waals surface area (Å²) in [6.45, 7) is 8.44. The van der Waals surface area contributed by atoms with Crippen LogP contribution in [0.2, 0.25) is 0 Å². The van der Waals surface area contributed by atoms with Gasteiger partial charge in [-0.3, -0.25) is 0 Å². The first-order valence-electron chi connectivity index (χ1n) is 7.68. The Morgan fingerprint density at radius 3 is 2.57 bits per heavy atom. The van der Waals surface area contributed by atoms with Crippen molar-refractivity contribution in [3.63, 3.8) is 0 Å². The van der Waals surface area contributed by atoms with Gasteiger partial charge in [-0.25, -0.2) is 0 Å². The van der Waals surface area contributed by atoms with Crippen molar-refractivity contribution >= 4 is 5.84 Å². The van der Waals surface area contributed by atoms with Gasteiger partial charge in [0.25, 0.3) is 0 Å². The number of nitrogens with one attached hydrogen (secondary N) is 1. The van der Waals surface area contributed by atoms with Crippen LogP contribution in [-0.2, 0) is 0 Å². The van der Waals surface area contributed by atoms with Gasteiger partial charge in [-0.2, -0.15) is 0 Å². The van der Waals surface area contributed by atoms with Crippen molar-refractivity contribution in [1.82, 2.24) is 10.2 Å². The van der Waals surface area contributed by atoms with Gasteiger partial charge in [0.1, 0.15) is 5.84 Å². The van der Waals surface area contributed by atoms with Crippen LogP contribution in [0.1, 0.15) is 38.3 Å². The number of likely N-dealkylation sites (N-methyl/N-ethyl adjacent to an activating group) is 1. The van der Waals surface area contributed by atoms with Gasteiger partial charge >= 0.3 is 0 Å². The second-order valence-corrected chi connectivity index (χ2v) is 5.15. The topological polar surface area (TPSA) is 73.9 Å². The van der Waals surface area contributed by atoms with Crippen molar-refractivity contribution in [2.45, 2.75) is 32.7 Å². The maximum Gasteiger partial charge on any atom is 0.141 e. The fourth-order valence-corrected chi connectivity index (χ4v) is 2.38. The number of nitrogens with two attached hydrogens (primary N) is 1. The fraction of sp³-hybridized carbons (Fsp3) is 0.562. The predicted octanol–water partition coefficient (Wildman–Crippen LogP) is 2.19. The van der Waals surface area contributed by atoms with Crippen molar-refractivity contribution in [1.29, 1.82) is 0 Å². The Kier molecular flexibility index (Phi) is 8.47. The molecule has 1 aromatic carbocycles. The highest BCUT2D eigenvalue weighted by Gasteiger charge is 2.13. The molecule has 0 fully saturated rings. The van der Waals surface area contributed by atoms with Crippen molar-refractivity contribution in [3.05, 3.63) is 35.9 Å². The summed E-state index contributed by atoms with van der Waals surface area (Å²) in [5.41, 5.74) is 6.82. The fourth-order valence-electron chi connectivity index (χ4n) is 2.38. The SMILES string of the molecule is CCCN(CC)CCNC(C/C(N)=N/O)c1ccccc1. The summed E-state index contributed by atoms with van der Waals surface area (Å²) in [5, 5.41) is 15.4. The summed E-state index contributed by atoms with van der Waals surface area (Å²) < 4.78 is 0. The standard InChI is InChI=1S/C16H28N4O/c1-3-11-20(4-2)12-10-18-15(13-16(17)19-21)14-8-6-5-7-9-14/h5-9,15,18,21H,3-4,10-13H2,1-2H3,(H2,17,19). The largest absolute Gasteiger partial charge is 0.409 e. The lowest BCUT2D eigenvalue weighted by Crippen LogP contribution is -2.35. The molecule has 21 heavy (non-hydrogen) atoms. The van der Waals surface area contributed by atoms with E-state index in [0.29, 0.717) is 6.42 Å². The van der Waals surface area contributed by atoms with Crippen LogP contribution in [0.4, 0.5) is 0 Å². The molecule has 5 nitrogen and oxygen atoms in total. The lowest BCUT2D eigenvalue weighted by molar-refractivity contribution is 0.282. The zero-order valence-electron chi connectivity index (χ0n) is 13.1. The van der Waals surface area contributed by atoms with Crippen LogP contribution >= 0.6 is 0 Å². The Labute approximate surface area is 127 Å². The van der Waals surface area contributed by atoms with E-state index in [9.17, 15) is 0 Å². The molecule has 0 radical (unpaired) electrons. The summed E-state index contributed by atoms with van der Waals surface area (Å²) in [7, 11) is 0. The van der Waals surface area contributed by atoms with Gasteiger partial charge in [0, 0.05) is 25.6 Å². The highest BCUT2D eigenvalue weighted by atomic mass is 16.4. The summed E-state index contributed by atoms with van der Waals surface area (Å²) in [4.78, 5) is 2.42. The molecule has 1 rings (SSSR count). The molecular formula is C16H28N4O. The van der Waals surface area contributed by atoms with Crippen LogP contribution < -0.4 is 11.1 Å². The highest BCUT2D eigenvalue weighted by molar-refractivity contribution is 5.80. The average Bonchev–Trinajstić information content (AvgIpc) is 2.53. The smallest absolute Gasteiger partial charge is 0.141 e. The molecule has 118 valence electrons. The second kappa shape index (κ2) is 10.2. The highest BCUT2D eigenvalue weighted by Crippen LogP contribution is 2.16. The molecule has 0 heterocycles. The second-order valence-electron chi connectivity index (χ2n) is 5.15. The monoisotopic (exact) mass is 292 g/mol. The van der Waals surface area contributed by atoms with Gasteiger partial charge < -0.3 is 21.2 Å². The molecule has 0 bridgehead atoms. The Morgan fingerprint density at radius 2 is 2.00 bits per heavy atom. The number of benzene rings is 1. The van der Waals surface area contributed by atoms with Crippen molar-refractivity contribution < 1.29 is 5.21 Å². The Morgan fingerprint density at radius 1 is 1.29 bits per heavy atom. The van der Waals surface area contributed by atoms with Crippen LogP contribution in [-0.4, -0.2) is 42.1 Å². The van der Waals surface area contributed by atoms with Gasteiger partial charge in [0.15, 0.2) is 0 Å². The van der Waals surface area contributed by atoms with Gasteiger partial charge in [-0.1, -0.05) is 49.3 Å². The van der Waals surface area contributed by atoms with E-state index in [1.54, 1.807) is 0 Å². The zero-order chi connectivity index (χ0) is 15.5. The molecule has 4 N–H and O–H groups in total. The summed E-state index contributed by atoms with van der Waals surface area (Å²) in [6, 6.07) is 10.2. The normalized spacial score (nSPS) is 13.6. The Hall–Kier alpha value is -1.59. The predicted molar refractivity (Wildman–Crippen MR) is 87.6 cm³/mol. The average molecular weight is 292 g/mol. The Bertz CT molecular complexity index is 408. The molecule has 0 aliphatic heterocycles. The molecule has 0 spiro atoms. The molecule has 0 aliphatic rings. The van der Waals surface area contributed by atoms with E-state index in [0.717, 1.165) is 31.7 Å². The third-order valence-corrected chi connectivity index (χ3v) is 3.55. The van der Waals surface area contributed by atoms with Crippen LogP contribution in [0.25, 0.3) is 0 Å². The Balaban J connectivity index is 2.57. The lowest BCUT2D eigenvalue weighted by atomic mass is 10.0.